The SMILES string of the molecule is COc1ccc(CN=C(N)NCC(O)c2ccc(C)cc2)cc1OC. The second-order valence-electron chi connectivity index (χ2n) is 5.70. The van der Waals surface area contributed by atoms with Gasteiger partial charge in [0.25, 0.3) is 0 Å². The Bertz CT molecular complexity index is 714. The molecule has 0 amide bonds. The summed E-state index contributed by atoms with van der Waals surface area (Å²) in [5.41, 5.74) is 8.81. The molecule has 0 radical (unpaired) electrons. The summed E-state index contributed by atoms with van der Waals surface area (Å²) in [5, 5.41) is 13.1. The third-order valence-electron chi connectivity index (χ3n) is 3.82. The Morgan fingerprint density at radius 1 is 1.12 bits per heavy atom. The van der Waals surface area contributed by atoms with Crippen LogP contribution >= 0.6 is 0 Å². The highest BCUT2D eigenvalue weighted by molar-refractivity contribution is 5.77. The van der Waals surface area contributed by atoms with Gasteiger partial charge < -0.3 is 25.6 Å². The number of aryl methyl sites for hydroxylation is 1. The van der Waals surface area contributed by atoms with Crippen LogP contribution in [0.5, 0.6) is 11.5 Å². The molecule has 0 bridgehead atoms. The van der Waals surface area contributed by atoms with Gasteiger partial charge in [0.15, 0.2) is 17.5 Å². The lowest BCUT2D eigenvalue weighted by Gasteiger charge is -2.13. The van der Waals surface area contributed by atoms with Crippen LogP contribution in [0.2, 0.25) is 0 Å². The molecule has 0 aliphatic heterocycles. The number of nitrogens with one attached hydrogen (secondary N) is 1. The van der Waals surface area contributed by atoms with Crippen LogP contribution in [0.25, 0.3) is 0 Å². The van der Waals surface area contributed by atoms with Crippen molar-refractivity contribution in [3.8, 4) is 11.5 Å². The van der Waals surface area contributed by atoms with Crippen LogP contribution in [0.4, 0.5) is 0 Å². The van der Waals surface area contributed by atoms with Crippen molar-refractivity contribution in [2.75, 3.05) is 20.8 Å². The molecule has 2 aromatic carbocycles. The Balaban J connectivity index is 1.90. The van der Waals surface area contributed by atoms with E-state index in [2.05, 4.69) is 10.3 Å². The Morgan fingerprint density at radius 3 is 2.44 bits per heavy atom. The first kappa shape index (κ1) is 18.6. The molecular formula is C19H25N3O3. The first-order chi connectivity index (χ1) is 12.0. The molecule has 0 aromatic heterocycles. The molecule has 1 unspecified atom stereocenters. The van der Waals surface area contributed by atoms with Crippen LogP contribution in [0.3, 0.4) is 0 Å². The molecule has 4 N–H and O–H groups in total. The van der Waals surface area contributed by atoms with Gasteiger partial charge in [-0.15, -0.1) is 0 Å². The number of rotatable bonds is 7. The van der Waals surface area contributed by atoms with Gasteiger partial charge in [0, 0.05) is 6.54 Å². The summed E-state index contributed by atoms with van der Waals surface area (Å²) >= 11 is 0. The third kappa shape index (κ3) is 5.39. The number of nitrogens with two attached hydrogens (primary N) is 1. The molecule has 2 aromatic rings. The molecule has 0 fully saturated rings. The second kappa shape index (κ2) is 8.94. The van der Waals surface area contributed by atoms with E-state index in [1.807, 2.05) is 49.4 Å². The highest BCUT2D eigenvalue weighted by Crippen LogP contribution is 2.27. The number of aliphatic hydroxyl groups is 1. The number of methoxy groups -OCH3 is 2. The standard InChI is InChI=1S/C19H25N3O3/c1-13-4-7-15(8-5-13)16(23)12-22-19(20)21-11-14-6-9-17(24-2)18(10-14)25-3/h4-10,16,23H,11-12H2,1-3H3,(H3,20,21,22). The molecule has 0 heterocycles. The van der Waals surface area contributed by atoms with Crippen molar-refractivity contribution in [2.24, 2.45) is 10.7 Å². The predicted octanol–water partition coefficient (Wildman–Crippen LogP) is 2.15. The minimum absolute atomic E-state index is 0.279. The zero-order valence-electron chi connectivity index (χ0n) is 14.8. The number of ether oxygens (including phenoxy) is 2. The van der Waals surface area contributed by atoms with Gasteiger partial charge in [-0.1, -0.05) is 35.9 Å². The highest BCUT2D eigenvalue weighted by Gasteiger charge is 2.08. The summed E-state index contributed by atoms with van der Waals surface area (Å²) in [4.78, 5) is 4.28. The number of benzene rings is 2. The molecule has 0 saturated heterocycles. The zero-order valence-corrected chi connectivity index (χ0v) is 14.8. The zero-order chi connectivity index (χ0) is 18.2. The van der Waals surface area contributed by atoms with E-state index >= 15 is 0 Å². The molecule has 0 spiro atoms. The van der Waals surface area contributed by atoms with Crippen molar-refractivity contribution < 1.29 is 14.6 Å². The molecule has 0 saturated carbocycles. The lowest BCUT2D eigenvalue weighted by atomic mass is 10.1. The molecule has 25 heavy (non-hydrogen) atoms. The molecular weight excluding hydrogens is 318 g/mol. The van der Waals surface area contributed by atoms with Crippen LogP contribution in [-0.4, -0.2) is 31.8 Å². The van der Waals surface area contributed by atoms with Crippen LogP contribution in [0.15, 0.2) is 47.5 Å². The second-order valence-corrected chi connectivity index (χ2v) is 5.70. The molecule has 0 aliphatic carbocycles. The smallest absolute Gasteiger partial charge is 0.189 e. The quantitative estimate of drug-likeness (QED) is 0.529. The Hall–Kier alpha value is -2.73. The maximum atomic E-state index is 10.2. The van der Waals surface area contributed by atoms with E-state index in [-0.39, 0.29) is 5.96 Å². The van der Waals surface area contributed by atoms with Crippen molar-refractivity contribution in [1.82, 2.24) is 5.32 Å². The van der Waals surface area contributed by atoms with E-state index in [9.17, 15) is 5.11 Å². The molecule has 1 atom stereocenters. The fourth-order valence-electron chi connectivity index (χ4n) is 2.32. The van der Waals surface area contributed by atoms with Crippen molar-refractivity contribution in [1.29, 1.82) is 0 Å². The largest absolute Gasteiger partial charge is 0.493 e. The van der Waals surface area contributed by atoms with E-state index in [4.69, 9.17) is 15.2 Å². The van der Waals surface area contributed by atoms with Gasteiger partial charge in [-0.05, 0) is 30.2 Å². The highest BCUT2D eigenvalue weighted by atomic mass is 16.5. The van der Waals surface area contributed by atoms with Crippen molar-refractivity contribution in [3.63, 3.8) is 0 Å². The summed E-state index contributed by atoms with van der Waals surface area (Å²) in [6, 6.07) is 13.3. The van der Waals surface area contributed by atoms with Gasteiger partial charge in [0.1, 0.15) is 0 Å². The van der Waals surface area contributed by atoms with Crippen LogP contribution < -0.4 is 20.5 Å². The monoisotopic (exact) mass is 343 g/mol. The number of hydrogen-bond acceptors (Lipinski definition) is 4. The number of nitrogens with zero attached hydrogens (tertiary/aromatic N) is 1. The van der Waals surface area contributed by atoms with Crippen molar-refractivity contribution in [2.45, 2.75) is 19.6 Å². The Kier molecular flexibility index (Phi) is 6.65. The van der Waals surface area contributed by atoms with Crippen LogP contribution in [-0.2, 0) is 6.54 Å². The topological polar surface area (TPSA) is 89.1 Å². The van der Waals surface area contributed by atoms with Crippen molar-refractivity contribution >= 4 is 5.96 Å². The minimum Gasteiger partial charge on any atom is -0.493 e. The molecule has 134 valence electrons. The predicted molar refractivity (Wildman–Crippen MR) is 99.0 cm³/mol. The maximum Gasteiger partial charge on any atom is 0.189 e. The van der Waals surface area contributed by atoms with E-state index in [0.717, 1.165) is 16.7 Å². The van der Waals surface area contributed by atoms with Gasteiger partial charge in [0.05, 0.1) is 26.9 Å². The lowest BCUT2D eigenvalue weighted by molar-refractivity contribution is 0.181. The number of guanidine groups is 1. The first-order valence-electron chi connectivity index (χ1n) is 8.02. The summed E-state index contributed by atoms with van der Waals surface area (Å²) in [6.45, 7) is 2.71. The normalized spacial score (nSPS) is 12.6. The van der Waals surface area contributed by atoms with Crippen molar-refractivity contribution in [3.05, 3.63) is 59.2 Å². The number of hydrogen-bond donors (Lipinski definition) is 3. The third-order valence-corrected chi connectivity index (χ3v) is 3.82. The number of aliphatic imine (C=N–C) groups is 1. The van der Waals surface area contributed by atoms with Gasteiger partial charge >= 0.3 is 0 Å². The minimum atomic E-state index is -0.643. The van der Waals surface area contributed by atoms with Gasteiger partial charge in [-0.2, -0.15) is 0 Å². The summed E-state index contributed by atoms with van der Waals surface area (Å²) in [6.07, 6.45) is -0.643. The van der Waals surface area contributed by atoms with E-state index < -0.39 is 6.10 Å². The van der Waals surface area contributed by atoms with E-state index in [0.29, 0.717) is 24.6 Å². The molecule has 0 aliphatic rings. The number of aliphatic hydroxyl groups excluding tert-OH is 1. The van der Waals surface area contributed by atoms with E-state index in [1.165, 1.54) is 0 Å². The fourth-order valence-corrected chi connectivity index (χ4v) is 2.32. The lowest BCUT2D eigenvalue weighted by Crippen LogP contribution is -2.34. The summed E-state index contributed by atoms with van der Waals surface area (Å²) < 4.78 is 10.5. The van der Waals surface area contributed by atoms with Gasteiger partial charge in [-0.25, -0.2) is 4.99 Å². The first-order valence-corrected chi connectivity index (χ1v) is 8.02. The van der Waals surface area contributed by atoms with Gasteiger partial charge in [-0.3, -0.25) is 0 Å². The fraction of sp³-hybridized carbons (Fsp3) is 0.316. The average Bonchev–Trinajstić information content (AvgIpc) is 2.64. The van der Waals surface area contributed by atoms with E-state index in [1.54, 1.807) is 14.2 Å². The molecule has 2 rings (SSSR count). The van der Waals surface area contributed by atoms with Gasteiger partial charge in [0.2, 0.25) is 0 Å². The Morgan fingerprint density at radius 2 is 1.80 bits per heavy atom. The maximum absolute atomic E-state index is 10.2. The summed E-state index contributed by atoms with van der Waals surface area (Å²) in [7, 11) is 3.18. The van der Waals surface area contributed by atoms with Crippen LogP contribution in [0.1, 0.15) is 22.8 Å². The molecule has 6 heteroatoms. The average molecular weight is 343 g/mol. The van der Waals surface area contributed by atoms with Crippen LogP contribution in [0, 0.1) is 6.92 Å². The summed E-state index contributed by atoms with van der Waals surface area (Å²) in [5.74, 6) is 1.60. The Labute approximate surface area is 148 Å². The molecule has 6 nitrogen and oxygen atoms in total.